The van der Waals surface area contributed by atoms with Crippen molar-refractivity contribution < 1.29 is 18.1 Å². The summed E-state index contributed by atoms with van der Waals surface area (Å²) in [4.78, 5) is 23.5. The molecule has 5 rings (SSSR count). The first kappa shape index (κ1) is 28.0. The predicted molar refractivity (Wildman–Crippen MR) is 158 cm³/mol. The van der Waals surface area contributed by atoms with Crippen molar-refractivity contribution in [1.29, 1.82) is 0 Å². The monoisotopic (exact) mass is 604 g/mol. The normalized spacial score (nSPS) is 17.2. The van der Waals surface area contributed by atoms with E-state index in [2.05, 4.69) is 34.9 Å². The third kappa shape index (κ3) is 6.77. The Bertz CT molecular complexity index is 1430. The van der Waals surface area contributed by atoms with Crippen LogP contribution in [-0.2, 0) is 16.6 Å². The number of hydrogen-bond donors (Lipinski definition) is 2. The summed E-state index contributed by atoms with van der Waals surface area (Å²) in [6, 6.07) is 17.5. The molecule has 2 aromatic carbocycles. The number of hydrogen-bond acceptors (Lipinski definition) is 9. The zero-order valence-corrected chi connectivity index (χ0v) is 24.2. The SMILES string of the molecule is O=C(NCc1ccc(S(=O)(=O)N2CCC(Nc3ccc(C4SCCS4)cc3)CC2)s1)c1cccc([N+](=O)[O-])c1. The predicted octanol–water partition coefficient (Wildman–Crippen LogP) is 5.33. The van der Waals surface area contributed by atoms with E-state index in [4.69, 9.17) is 0 Å². The first-order valence-corrected chi connectivity index (χ1v) is 16.9. The number of thiophene rings is 1. The van der Waals surface area contributed by atoms with Crippen LogP contribution in [0.25, 0.3) is 0 Å². The van der Waals surface area contributed by atoms with Gasteiger partial charge in [-0.3, -0.25) is 14.9 Å². The Morgan fingerprint density at radius 1 is 1.03 bits per heavy atom. The van der Waals surface area contributed by atoms with Gasteiger partial charge in [-0.2, -0.15) is 4.31 Å². The van der Waals surface area contributed by atoms with Crippen molar-refractivity contribution in [3.8, 4) is 0 Å². The van der Waals surface area contributed by atoms with E-state index in [1.165, 1.54) is 45.6 Å². The number of piperidine rings is 1. The number of carbonyl (C=O) groups excluding carboxylic acids is 1. The van der Waals surface area contributed by atoms with Crippen molar-refractivity contribution >= 4 is 62.2 Å². The zero-order chi connectivity index (χ0) is 27.4. The molecule has 3 aromatic rings. The maximum atomic E-state index is 13.3. The molecule has 39 heavy (non-hydrogen) atoms. The van der Waals surface area contributed by atoms with Crippen LogP contribution in [-0.4, -0.2) is 54.2 Å². The lowest BCUT2D eigenvalue weighted by Crippen LogP contribution is -2.42. The maximum absolute atomic E-state index is 13.3. The molecule has 0 bridgehead atoms. The van der Waals surface area contributed by atoms with E-state index in [1.807, 2.05) is 23.5 Å². The van der Waals surface area contributed by atoms with Gasteiger partial charge in [0.2, 0.25) is 0 Å². The number of nitrogens with zero attached hydrogens (tertiary/aromatic N) is 2. The molecule has 1 aromatic heterocycles. The maximum Gasteiger partial charge on any atom is 0.270 e. The Labute approximate surface area is 240 Å². The van der Waals surface area contributed by atoms with E-state index < -0.39 is 20.9 Å². The highest BCUT2D eigenvalue weighted by atomic mass is 32.2. The van der Waals surface area contributed by atoms with Crippen molar-refractivity contribution in [2.24, 2.45) is 0 Å². The quantitative estimate of drug-likeness (QED) is 0.248. The topological polar surface area (TPSA) is 122 Å². The molecule has 2 aliphatic heterocycles. The molecular weight excluding hydrogens is 577 g/mol. The Morgan fingerprint density at radius 2 is 1.74 bits per heavy atom. The second kappa shape index (κ2) is 12.3. The number of sulfonamides is 1. The molecule has 0 unspecified atom stereocenters. The van der Waals surface area contributed by atoms with Crippen LogP contribution in [0.3, 0.4) is 0 Å². The molecule has 2 N–H and O–H groups in total. The Hall–Kier alpha value is -2.58. The molecule has 0 aliphatic carbocycles. The van der Waals surface area contributed by atoms with Gasteiger partial charge >= 0.3 is 0 Å². The molecule has 3 heterocycles. The lowest BCUT2D eigenvalue weighted by atomic mass is 10.1. The number of anilines is 1. The summed E-state index contributed by atoms with van der Waals surface area (Å²) in [5, 5.41) is 17.2. The van der Waals surface area contributed by atoms with E-state index in [1.54, 1.807) is 12.1 Å². The van der Waals surface area contributed by atoms with E-state index in [0.29, 0.717) is 35.4 Å². The summed E-state index contributed by atoms with van der Waals surface area (Å²) >= 11 is 5.09. The fourth-order valence-corrected chi connectivity index (χ4v) is 10.3. The van der Waals surface area contributed by atoms with Gasteiger partial charge in [0.1, 0.15) is 4.21 Å². The highest BCUT2D eigenvalue weighted by Gasteiger charge is 2.30. The number of nitro benzene ring substituents is 1. The fraction of sp³-hybridized carbons (Fsp3) is 0.346. The number of thioether (sulfide) groups is 2. The molecule has 13 heteroatoms. The zero-order valence-electron chi connectivity index (χ0n) is 20.9. The van der Waals surface area contributed by atoms with Gasteiger partial charge in [0.05, 0.1) is 16.1 Å². The van der Waals surface area contributed by atoms with Gasteiger partial charge in [-0.25, -0.2) is 8.42 Å². The van der Waals surface area contributed by atoms with Gasteiger partial charge in [0.25, 0.3) is 21.6 Å². The minimum absolute atomic E-state index is 0.130. The average Bonchev–Trinajstić information content (AvgIpc) is 3.66. The molecule has 1 amide bonds. The summed E-state index contributed by atoms with van der Waals surface area (Å²) in [6.07, 6.45) is 1.43. The lowest BCUT2D eigenvalue weighted by Gasteiger charge is -2.31. The van der Waals surface area contributed by atoms with Crippen LogP contribution in [0.2, 0.25) is 0 Å². The number of benzene rings is 2. The Kier molecular flexibility index (Phi) is 8.82. The summed E-state index contributed by atoms with van der Waals surface area (Å²) < 4.78 is 28.8. The van der Waals surface area contributed by atoms with Crippen LogP contribution in [0, 0.1) is 10.1 Å². The van der Waals surface area contributed by atoms with Crippen LogP contribution in [0.4, 0.5) is 11.4 Å². The second-order valence-corrected chi connectivity index (χ2v) is 15.3. The first-order chi connectivity index (χ1) is 18.8. The van der Waals surface area contributed by atoms with Crippen molar-refractivity contribution in [1.82, 2.24) is 9.62 Å². The number of non-ortho nitro benzene ring substituents is 1. The van der Waals surface area contributed by atoms with Crippen LogP contribution in [0.5, 0.6) is 0 Å². The van der Waals surface area contributed by atoms with Gasteiger partial charge in [0.15, 0.2) is 0 Å². The van der Waals surface area contributed by atoms with Crippen LogP contribution in [0.1, 0.15) is 38.2 Å². The number of carbonyl (C=O) groups is 1. The van der Waals surface area contributed by atoms with E-state index >= 15 is 0 Å². The minimum atomic E-state index is -3.63. The molecule has 2 aliphatic rings. The third-order valence-corrected chi connectivity index (χ3v) is 13.2. The largest absolute Gasteiger partial charge is 0.382 e. The van der Waals surface area contributed by atoms with Crippen LogP contribution >= 0.6 is 34.9 Å². The summed E-state index contributed by atoms with van der Waals surface area (Å²) in [7, 11) is -3.63. The summed E-state index contributed by atoms with van der Waals surface area (Å²) in [6.45, 7) is 0.999. The molecule has 0 saturated carbocycles. The first-order valence-electron chi connectivity index (χ1n) is 12.5. The van der Waals surface area contributed by atoms with Crippen molar-refractivity contribution in [3.63, 3.8) is 0 Å². The number of nitrogens with one attached hydrogen (secondary N) is 2. The highest BCUT2D eigenvalue weighted by molar-refractivity contribution is 8.19. The van der Waals surface area contributed by atoms with Crippen LogP contribution in [0.15, 0.2) is 64.9 Å². The molecule has 206 valence electrons. The van der Waals surface area contributed by atoms with Gasteiger partial charge in [-0.05, 0) is 48.7 Å². The van der Waals surface area contributed by atoms with Gasteiger partial charge in [-0.15, -0.1) is 34.9 Å². The Balaban J connectivity index is 1.12. The lowest BCUT2D eigenvalue weighted by molar-refractivity contribution is -0.384. The average molecular weight is 605 g/mol. The molecule has 2 fully saturated rings. The summed E-state index contributed by atoms with van der Waals surface area (Å²) in [5.41, 5.74) is 2.41. The molecular formula is C26H28N4O5S4. The highest BCUT2D eigenvalue weighted by Crippen LogP contribution is 2.45. The summed E-state index contributed by atoms with van der Waals surface area (Å²) in [5.74, 6) is 1.93. The molecule has 2 saturated heterocycles. The molecule has 0 radical (unpaired) electrons. The van der Waals surface area contributed by atoms with E-state index in [9.17, 15) is 23.3 Å². The van der Waals surface area contributed by atoms with Crippen molar-refractivity contribution in [3.05, 3.63) is 86.8 Å². The van der Waals surface area contributed by atoms with Crippen molar-refractivity contribution in [2.75, 3.05) is 29.9 Å². The van der Waals surface area contributed by atoms with Crippen molar-refractivity contribution in [2.45, 2.75) is 34.2 Å². The van der Waals surface area contributed by atoms with Crippen LogP contribution < -0.4 is 10.6 Å². The molecule has 9 nitrogen and oxygen atoms in total. The number of amides is 1. The van der Waals surface area contributed by atoms with E-state index in [0.717, 1.165) is 17.0 Å². The third-order valence-electron chi connectivity index (χ3n) is 6.60. The fourth-order valence-electron chi connectivity index (χ4n) is 4.51. The smallest absolute Gasteiger partial charge is 0.270 e. The molecule has 0 atom stereocenters. The second-order valence-electron chi connectivity index (χ2n) is 9.23. The number of nitro groups is 1. The van der Waals surface area contributed by atoms with Gasteiger partial charge in [-0.1, -0.05) is 18.2 Å². The van der Waals surface area contributed by atoms with Gasteiger partial charge < -0.3 is 10.6 Å². The Morgan fingerprint density at radius 3 is 2.44 bits per heavy atom. The van der Waals surface area contributed by atoms with Gasteiger partial charge in [0, 0.05) is 58.9 Å². The number of rotatable bonds is 9. The standard InChI is InChI=1S/C26H28N4O5S4/c31-25(19-2-1-3-22(16-19)30(32)33)27-17-23-8-9-24(38-23)39(34,35)29-12-10-21(11-13-29)28-20-6-4-18(5-7-20)26-36-14-15-37-26/h1-9,16,21,26,28H,10-15,17H2,(H,27,31). The van der Waals surface area contributed by atoms with E-state index in [-0.39, 0.29) is 28.0 Å². The molecule has 0 spiro atoms. The minimum Gasteiger partial charge on any atom is -0.382 e.